The summed E-state index contributed by atoms with van der Waals surface area (Å²) in [6, 6.07) is 20.7. The fourth-order valence-electron chi connectivity index (χ4n) is 4.71. The van der Waals surface area contributed by atoms with Crippen molar-refractivity contribution in [2.24, 2.45) is 4.99 Å². The first-order valence-electron chi connectivity index (χ1n) is 11.6. The normalized spacial score (nSPS) is 13.9. The van der Waals surface area contributed by atoms with Crippen LogP contribution >= 0.6 is 22.7 Å². The predicted molar refractivity (Wildman–Crippen MR) is 153 cm³/mol. The standard InChI is InChI=1S/C29H23BN2O2S2/c1-16-5-11-26(35-16)28-22-13-18(33-3)7-9-20(22)24(31-28)15-25-21-10-8-19(34-4)14-23(21)29(32(25)30)27-12-6-17(2)36-27/h5-15H,1-4H3/b24-15-. The molecule has 7 heteroatoms. The van der Waals surface area contributed by atoms with Gasteiger partial charge in [-0.15, -0.1) is 22.7 Å². The first-order chi connectivity index (χ1) is 17.5. The highest BCUT2D eigenvalue weighted by Gasteiger charge is 2.25. The molecule has 0 unspecified atom stereocenters. The van der Waals surface area contributed by atoms with E-state index in [1.165, 1.54) is 9.75 Å². The van der Waals surface area contributed by atoms with E-state index in [4.69, 9.17) is 22.4 Å². The predicted octanol–water partition coefficient (Wildman–Crippen LogP) is 7.35. The van der Waals surface area contributed by atoms with Crippen LogP contribution in [0.3, 0.4) is 0 Å². The van der Waals surface area contributed by atoms with Gasteiger partial charge in [-0.3, -0.25) is 0 Å². The highest BCUT2D eigenvalue weighted by atomic mass is 32.1. The monoisotopic (exact) mass is 506 g/mol. The molecular formula is C29H23BN2O2S2. The third kappa shape index (κ3) is 3.70. The number of methoxy groups -OCH3 is 2. The number of ether oxygens (including phenoxy) is 2. The lowest BCUT2D eigenvalue weighted by atomic mass is 10.0. The van der Waals surface area contributed by atoms with Gasteiger partial charge in [0.05, 0.1) is 41.1 Å². The number of hydrogen-bond donors (Lipinski definition) is 0. The van der Waals surface area contributed by atoms with Crippen LogP contribution in [0, 0.1) is 13.8 Å². The van der Waals surface area contributed by atoms with Crippen molar-refractivity contribution in [3.8, 4) is 22.1 Å². The maximum atomic E-state index is 6.81. The number of aliphatic imine (C=N–C) groups is 1. The zero-order valence-electron chi connectivity index (χ0n) is 20.5. The van der Waals surface area contributed by atoms with Crippen molar-refractivity contribution >= 4 is 58.9 Å². The van der Waals surface area contributed by atoms with Crippen LogP contribution in [0.4, 0.5) is 0 Å². The quantitative estimate of drug-likeness (QED) is 0.234. The summed E-state index contributed by atoms with van der Waals surface area (Å²) in [5.41, 5.74) is 5.84. The van der Waals surface area contributed by atoms with Gasteiger partial charge < -0.3 is 14.0 Å². The molecule has 0 fully saturated rings. The highest BCUT2D eigenvalue weighted by molar-refractivity contribution is 7.15. The number of hydrogen-bond acceptors (Lipinski definition) is 5. The summed E-state index contributed by atoms with van der Waals surface area (Å²) in [6.07, 6.45) is 2.09. The maximum Gasteiger partial charge on any atom is 0.234 e. The summed E-state index contributed by atoms with van der Waals surface area (Å²) in [4.78, 5) is 9.86. The van der Waals surface area contributed by atoms with Gasteiger partial charge in [0, 0.05) is 37.3 Å². The van der Waals surface area contributed by atoms with Crippen LogP contribution in [-0.2, 0) is 0 Å². The Balaban J connectivity index is 1.60. The first kappa shape index (κ1) is 22.9. The number of aryl methyl sites for hydroxylation is 2. The third-order valence-electron chi connectivity index (χ3n) is 6.47. The fraction of sp³-hybridized carbons (Fsp3) is 0.138. The summed E-state index contributed by atoms with van der Waals surface area (Å²) in [6.45, 7) is 4.22. The van der Waals surface area contributed by atoms with E-state index in [2.05, 4.69) is 68.5 Å². The van der Waals surface area contributed by atoms with Crippen LogP contribution in [0.15, 0.2) is 65.7 Å². The minimum Gasteiger partial charge on any atom is -0.497 e. The molecule has 5 aromatic rings. The molecule has 4 nitrogen and oxygen atoms in total. The molecule has 1 aliphatic heterocycles. The molecule has 0 spiro atoms. The van der Waals surface area contributed by atoms with Gasteiger partial charge in [-0.1, -0.05) is 0 Å². The Morgan fingerprint density at radius 1 is 0.778 bits per heavy atom. The average Bonchev–Trinajstić information content (AvgIpc) is 3.65. The number of benzene rings is 2. The van der Waals surface area contributed by atoms with Gasteiger partial charge in [-0.05, 0) is 80.6 Å². The molecule has 2 aromatic carbocycles. The molecule has 0 bridgehead atoms. The van der Waals surface area contributed by atoms with Crippen LogP contribution in [-0.4, -0.2) is 32.4 Å². The average molecular weight is 506 g/mol. The summed E-state index contributed by atoms with van der Waals surface area (Å²) < 4.78 is 12.9. The van der Waals surface area contributed by atoms with Crippen molar-refractivity contribution in [2.75, 3.05) is 14.2 Å². The van der Waals surface area contributed by atoms with Crippen molar-refractivity contribution in [1.29, 1.82) is 0 Å². The zero-order valence-corrected chi connectivity index (χ0v) is 22.1. The Kier molecular flexibility index (Phi) is 5.62. The van der Waals surface area contributed by atoms with E-state index in [0.29, 0.717) is 0 Å². The second-order valence-electron chi connectivity index (χ2n) is 8.74. The van der Waals surface area contributed by atoms with Gasteiger partial charge in [0.1, 0.15) is 11.5 Å². The summed E-state index contributed by atoms with van der Waals surface area (Å²) in [5, 5.41) is 2.11. The Bertz CT molecular complexity index is 1700. The lowest BCUT2D eigenvalue weighted by molar-refractivity contribution is 0.414. The van der Waals surface area contributed by atoms with Crippen LogP contribution < -0.4 is 9.47 Å². The lowest BCUT2D eigenvalue weighted by Crippen LogP contribution is -1.98. The van der Waals surface area contributed by atoms with Crippen LogP contribution in [0.5, 0.6) is 11.5 Å². The van der Waals surface area contributed by atoms with Crippen molar-refractivity contribution in [2.45, 2.75) is 13.8 Å². The number of thiophene rings is 2. The largest absolute Gasteiger partial charge is 0.497 e. The van der Waals surface area contributed by atoms with Crippen LogP contribution in [0.25, 0.3) is 33.1 Å². The Morgan fingerprint density at radius 3 is 2.11 bits per heavy atom. The Morgan fingerprint density at radius 2 is 1.44 bits per heavy atom. The van der Waals surface area contributed by atoms with Crippen molar-refractivity contribution in [1.82, 2.24) is 4.48 Å². The molecule has 0 saturated heterocycles. The van der Waals surface area contributed by atoms with Crippen LogP contribution in [0.1, 0.15) is 31.5 Å². The SMILES string of the molecule is [B]n1c(/C=C2\N=C(c3ccc(C)s3)c3cc(OC)ccc32)c2ccc(OC)cc2c1-c1ccc(C)s1. The molecule has 0 atom stereocenters. The molecule has 36 heavy (non-hydrogen) atoms. The molecule has 176 valence electrons. The first-order valence-corrected chi connectivity index (χ1v) is 13.2. The van der Waals surface area contributed by atoms with E-state index in [9.17, 15) is 0 Å². The molecule has 0 amide bonds. The molecule has 0 saturated carbocycles. The van der Waals surface area contributed by atoms with E-state index >= 15 is 0 Å². The number of fused-ring (bicyclic) bond motifs is 2. The van der Waals surface area contributed by atoms with E-state index in [1.807, 2.05) is 12.1 Å². The second-order valence-corrected chi connectivity index (χ2v) is 11.3. The van der Waals surface area contributed by atoms with E-state index in [0.717, 1.165) is 65.9 Å². The summed E-state index contributed by atoms with van der Waals surface area (Å²) >= 11 is 3.47. The van der Waals surface area contributed by atoms with Gasteiger partial charge in [0.15, 0.2) is 0 Å². The molecule has 0 N–H and O–H groups in total. The van der Waals surface area contributed by atoms with Gasteiger partial charge >= 0.3 is 0 Å². The van der Waals surface area contributed by atoms with Gasteiger partial charge in [-0.25, -0.2) is 4.99 Å². The zero-order chi connectivity index (χ0) is 25.0. The van der Waals surface area contributed by atoms with E-state index in [-0.39, 0.29) is 0 Å². The van der Waals surface area contributed by atoms with Crippen molar-refractivity contribution in [3.05, 3.63) is 92.1 Å². The summed E-state index contributed by atoms with van der Waals surface area (Å²) in [5.74, 6) is 1.61. The number of rotatable bonds is 5. The Labute approximate surface area is 219 Å². The third-order valence-corrected chi connectivity index (χ3v) is 8.48. The summed E-state index contributed by atoms with van der Waals surface area (Å²) in [7, 11) is 10.2. The molecule has 6 rings (SSSR count). The van der Waals surface area contributed by atoms with E-state index in [1.54, 1.807) is 41.4 Å². The maximum absolute atomic E-state index is 6.81. The van der Waals surface area contributed by atoms with Gasteiger partial charge in [-0.2, -0.15) is 0 Å². The molecular weight excluding hydrogens is 483 g/mol. The number of aromatic nitrogens is 1. The van der Waals surface area contributed by atoms with Gasteiger partial charge in [0.2, 0.25) is 7.98 Å². The molecule has 4 heterocycles. The van der Waals surface area contributed by atoms with Crippen molar-refractivity contribution < 1.29 is 9.47 Å². The molecule has 0 aliphatic carbocycles. The fourth-order valence-corrected chi connectivity index (χ4v) is 6.51. The van der Waals surface area contributed by atoms with E-state index < -0.39 is 0 Å². The molecule has 1 aliphatic rings. The number of nitrogens with zero attached hydrogens (tertiary/aromatic N) is 2. The highest BCUT2D eigenvalue weighted by Crippen LogP contribution is 2.41. The topological polar surface area (TPSA) is 35.8 Å². The second kappa shape index (κ2) is 8.84. The van der Waals surface area contributed by atoms with Crippen molar-refractivity contribution in [3.63, 3.8) is 0 Å². The minimum absolute atomic E-state index is 0.800. The molecule has 2 radical (unpaired) electrons. The minimum atomic E-state index is 0.800. The smallest absolute Gasteiger partial charge is 0.234 e. The lowest BCUT2D eigenvalue weighted by Gasteiger charge is -2.07. The van der Waals surface area contributed by atoms with Gasteiger partial charge in [0.25, 0.3) is 0 Å². The van der Waals surface area contributed by atoms with Crippen LogP contribution in [0.2, 0.25) is 0 Å². The molecule has 3 aromatic heterocycles. The Hall–Kier alpha value is -3.55.